The second-order valence-corrected chi connectivity index (χ2v) is 5.71. The Morgan fingerprint density at radius 1 is 1.33 bits per heavy atom. The lowest BCUT2D eigenvalue weighted by atomic mass is 10.1. The third kappa shape index (κ3) is 8.13. The predicted molar refractivity (Wildman–Crippen MR) is 113 cm³/mol. The van der Waals surface area contributed by atoms with Crippen LogP contribution in [0.25, 0.3) is 0 Å². The van der Waals surface area contributed by atoms with E-state index in [0.717, 1.165) is 17.8 Å². The molecule has 1 amide bonds. The van der Waals surface area contributed by atoms with E-state index in [4.69, 9.17) is 16.3 Å². The van der Waals surface area contributed by atoms with Gasteiger partial charge in [-0.1, -0.05) is 44.5 Å². The third-order valence-electron chi connectivity index (χ3n) is 3.45. The molecule has 0 bridgehead atoms. The molecule has 0 saturated heterocycles. The van der Waals surface area contributed by atoms with Crippen molar-refractivity contribution in [1.82, 2.24) is 10.6 Å². The van der Waals surface area contributed by atoms with Crippen LogP contribution < -0.4 is 15.4 Å². The van der Waals surface area contributed by atoms with Crippen LogP contribution in [0.4, 0.5) is 0 Å². The highest BCUT2D eigenvalue weighted by Crippen LogP contribution is 2.16. The molecule has 1 aliphatic heterocycles. The molecule has 146 valence electrons. The van der Waals surface area contributed by atoms with Crippen molar-refractivity contribution in [2.45, 2.75) is 34.1 Å². The number of hydrogen-bond donors (Lipinski definition) is 2. The van der Waals surface area contributed by atoms with Crippen molar-refractivity contribution in [2.75, 3.05) is 13.2 Å². The number of amides is 1. The van der Waals surface area contributed by atoms with Crippen molar-refractivity contribution < 1.29 is 9.53 Å². The third-order valence-corrected chi connectivity index (χ3v) is 3.70. The molecule has 0 saturated carbocycles. The fraction of sp³-hybridized carbons (Fsp3) is 0.333. The van der Waals surface area contributed by atoms with Gasteiger partial charge in [-0.05, 0) is 49.0 Å². The summed E-state index contributed by atoms with van der Waals surface area (Å²) >= 11 is 5.82. The maximum Gasteiger partial charge on any atom is 0.263 e. The summed E-state index contributed by atoms with van der Waals surface area (Å²) in [6.07, 6.45) is 8.43. The number of allylic oxidation sites excluding steroid dienone is 2. The Morgan fingerprint density at radius 2 is 2.04 bits per heavy atom. The maximum atomic E-state index is 12.1. The van der Waals surface area contributed by atoms with Gasteiger partial charge in [0, 0.05) is 18.0 Å². The predicted octanol–water partition coefficient (Wildman–Crippen LogP) is 4.62. The van der Waals surface area contributed by atoms with Crippen LogP contribution in [0, 0.1) is 0 Å². The fourth-order valence-electron chi connectivity index (χ4n) is 2.16. The van der Waals surface area contributed by atoms with Gasteiger partial charge in [-0.15, -0.1) is 0 Å². The lowest BCUT2D eigenvalue weighted by molar-refractivity contribution is -0.121. The molecule has 0 aliphatic carbocycles. The van der Waals surface area contributed by atoms with Gasteiger partial charge in [0.05, 0.1) is 5.70 Å². The molecular formula is C21H28ClN3O2. The standard InChI is InChI=1S/C19H22ClN3O2.C2H6/c1-3-17(14-9-11-21-12-10-14)22-18(4-2)23-19(24)13-25-16-7-5-15(20)6-8-16;1-2/h3,5-11,21H,4,12-13H2,1-2H3,(H,22,23,24);1-2H3/b17-3-;. The molecule has 1 aromatic carbocycles. The molecule has 1 aromatic rings. The Hall–Kier alpha value is -2.53. The summed E-state index contributed by atoms with van der Waals surface area (Å²) in [6, 6.07) is 6.87. The Morgan fingerprint density at radius 3 is 2.59 bits per heavy atom. The van der Waals surface area contributed by atoms with Crippen molar-refractivity contribution >= 4 is 23.3 Å². The van der Waals surface area contributed by atoms with Crippen LogP contribution in [-0.4, -0.2) is 24.9 Å². The second-order valence-electron chi connectivity index (χ2n) is 5.28. The highest BCUT2D eigenvalue weighted by molar-refractivity contribution is 6.30. The molecule has 1 heterocycles. The van der Waals surface area contributed by atoms with Crippen LogP contribution >= 0.6 is 11.6 Å². The summed E-state index contributed by atoms with van der Waals surface area (Å²) in [5.74, 6) is 0.945. The number of benzene rings is 1. The number of carbonyl (C=O) groups excluding carboxylic acids is 1. The zero-order valence-electron chi connectivity index (χ0n) is 16.4. The zero-order valence-corrected chi connectivity index (χ0v) is 17.1. The number of carbonyl (C=O) groups is 1. The molecule has 0 aromatic heterocycles. The Labute approximate surface area is 166 Å². The number of rotatable bonds is 6. The number of ether oxygens (including phenoxy) is 1. The van der Waals surface area contributed by atoms with Gasteiger partial charge in [-0.3, -0.25) is 4.79 Å². The average molecular weight is 390 g/mol. The molecule has 1 aliphatic rings. The quantitative estimate of drug-likeness (QED) is 0.551. The summed E-state index contributed by atoms with van der Waals surface area (Å²) in [5, 5.41) is 6.53. The molecule has 5 nitrogen and oxygen atoms in total. The number of nitrogens with one attached hydrogen (secondary N) is 2. The van der Waals surface area contributed by atoms with Crippen LogP contribution in [0.15, 0.2) is 65.0 Å². The largest absolute Gasteiger partial charge is 0.484 e. The van der Waals surface area contributed by atoms with E-state index >= 15 is 0 Å². The number of halogens is 1. The van der Waals surface area contributed by atoms with E-state index in [1.54, 1.807) is 24.3 Å². The Bertz CT molecular complexity index is 719. The Balaban J connectivity index is 0.00000176. The van der Waals surface area contributed by atoms with Crippen molar-refractivity contribution in [1.29, 1.82) is 0 Å². The van der Waals surface area contributed by atoms with Gasteiger partial charge < -0.3 is 15.4 Å². The van der Waals surface area contributed by atoms with Crippen LogP contribution in [-0.2, 0) is 4.79 Å². The lowest BCUT2D eigenvalue weighted by Crippen LogP contribution is -2.34. The first-order chi connectivity index (χ1) is 13.1. The van der Waals surface area contributed by atoms with Crippen LogP contribution in [0.5, 0.6) is 5.75 Å². The van der Waals surface area contributed by atoms with Gasteiger partial charge in [-0.25, -0.2) is 4.99 Å². The minimum absolute atomic E-state index is 0.0850. The molecule has 0 atom stereocenters. The highest BCUT2D eigenvalue weighted by Gasteiger charge is 2.09. The molecule has 0 unspecified atom stereocenters. The topological polar surface area (TPSA) is 62.7 Å². The van der Waals surface area contributed by atoms with Gasteiger partial charge in [0.15, 0.2) is 6.61 Å². The molecule has 27 heavy (non-hydrogen) atoms. The summed E-state index contributed by atoms with van der Waals surface area (Å²) < 4.78 is 5.44. The summed E-state index contributed by atoms with van der Waals surface area (Å²) in [6.45, 7) is 8.55. The summed E-state index contributed by atoms with van der Waals surface area (Å²) in [4.78, 5) is 16.7. The summed E-state index contributed by atoms with van der Waals surface area (Å²) in [5.41, 5.74) is 1.85. The van der Waals surface area contributed by atoms with Crippen molar-refractivity contribution in [3.05, 3.63) is 65.0 Å². The van der Waals surface area contributed by atoms with E-state index in [1.165, 1.54) is 0 Å². The van der Waals surface area contributed by atoms with Crippen molar-refractivity contribution in [2.24, 2.45) is 4.99 Å². The van der Waals surface area contributed by atoms with Gasteiger partial charge in [0.1, 0.15) is 11.6 Å². The normalized spacial score (nSPS) is 13.7. The monoisotopic (exact) mass is 389 g/mol. The maximum absolute atomic E-state index is 12.1. The van der Waals surface area contributed by atoms with E-state index in [2.05, 4.69) is 21.7 Å². The number of amidine groups is 1. The second kappa shape index (κ2) is 12.8. The molecule has 0 radical (unpaired) electrons. The molecule has 2 N–H and O–H groups in total. The van der Waals surface area contributed by atoms with Gasteiger partial charge in [0.25, 0.3) is 5.91 Å². The molecule has 2 rings (SSSR count). The van der Waals surface area contributed by atoms with E-state index < -0.39 is 0 Å². The van der Waals surface area contributed by atoms with E-state index in [0.29, 0.717) is 23.0 Å². The van der Waals surface area contributed by atoms with E-state index in [-0.39, 0.29) is 12.5 Å². The zero-order chi connectivity index (χ0) is 20.1. The van der Waals surface area contributed by atoms with E-state index in [9.17, 15) is 4.79 Å². The van der Waals surface area contributed by atoms with Crippen molar-refractivity contribution in [3.63, 3.8) is 0 Å². The average Bonchev–Trinajstić information content (AvgIpc) is 2.72. The molecule has 0 spiro atoms. The lowest BCUT2D eigenvalue weighted by Gasteiger charge is -2.12. The van der Waals surface area contributed by atoms with Gasteiger partial charge in [-0.2, -0.15) is 0 Å². The molecule has 6 heteroatoms. The molecule has 0 fully saturated rings. The van der Waals surface area contributed by atoms with E-state index in [1.807, 2.05) is 46.0 Å². The first kappa shape index (κ1) is 22.5. The first-order valence-electron chi connectivity index (χ1n) is 9.15. The minimum Gasteiger partial charge on any atom is -0.484 e. The SMILES string of the molecule is C/C=C(\N=C(CC)NC(=O)COc1ccc(Cl)cc1)C1=CCNC=C1.CC. The fourth-order valence-corrected chi connectivity index (χ4v) is 2.28. The number of dihydropyridines is 1. The highest BCUT2D eigenvalue weighted by atomic mass is 35.5. The number of hydrogen-bond acceptors (Lipinski definition) is 4. The van der Waals surface area contributed by atoms with Crippen LogP contribution in [0.3, 0.4) is 0 Å². The molecular weight excluding hydrogens is 362 g/mol. The van der Waals surface area contributed by atoms with Gasteiger partial charge in [0.2, 0.25) is 0 Å². The van der Waals surface area contributed by atoms with Crippen LogP contribution in [0.1, 0.15) is 34.1 Å². The number of aliphatic imine (C=N–C) groups is 1. The smallest absolute Gasteiger partial charge is 0.263 e. The Kier molecular flexibility index (Phi) is 10.6. The first-order valence-corrected chi connectivity index (χ1v) is 9.52. The summed E-state index contributed by atoms with van der Waals surface area (Å²) in [7, 11) is 0. The minimum atomic E-state index is -0.249. The van der Waals surface area contributed by atoms with Gasteiger partial charge >= 0.3 is 0 Å². The number of nitrogens with zero attached hydrogens (tertiary/aromatic N) is 1. The van der Waals surface area contributed by atoms with Crippen LogP contribution in [0.2, 0.25) is 5.02 Å². The van der Waals surface area contributed by atoms with Crippen molar-refractivity contribution in [3.8, 4) is 5.75 Å².